The first-order chi connectivity index (χ1) is 8.49. The fraction of sp³-hybridized carbons (Fsp3) is 0.417. The van der Waals surface area contributed by atoms with E-state index in [2.05, 4.69) is 5.32 Å². The Morgan fingerprint density at radius 2 is 2.33 bits per heavy atom. The smallest absolute Gasteiger partial charge is 0.255 e. The normalized spacial score (nSPS) is 12.2. The average Bonchev–Trinajstić information content (AvgIpc) is 2.27. The molecule has 0 aliphatic carbocycles. The highest BCUT2D eigenvalue weighted by Gasteiger charge is 2.06. The second-order valence-electron chi connectivity index (χ2n) is 3.99. The number of hydrogen-bond acceptors (Lipinski definition) is 4. The molecule has 0 saturated carbocycles. The number of amides is 1. The van der Waals surface area contributed by atoms with E-state index in [1.54, 1.807) is 25.1 Å². The van der Waals surface area contributed by atoms with Gasteiger partial charge in [0.05, 0.1) is 6.10 Å². The Morgan fingerprint density at radius 1 is 1.61 bits per heavy atom. The minimum absolute atomic E-state index is 0.176. The first-order valence-electron chi connectivity index (χ1n) is 5.57. The number of ether oxygens (including phenoxy) is 1. The van der Waals surface area contributed by atoms with Crippen molar-refractivity contribution in [2.75, 3.05) is 13.2 Å². The van der Waals surface area contributed by atoms with E-state index in [4.69, 9.17) is 27.2 Å². The molecule has 0 spiro atoms. The summed E-state index contributed by atoms with van der Waals surface area (Å²) in [6, 6.07) is 5.10. The van der Waals surface area contributed by atoms with E-state index in [0.717, 1.165) is 5.56 Å². The number of halogens is 1. The van der Waals surface area contributed by atoms with Crippen molar-refractivity contribution < 1.29 is 14.6 Å². The number of aliphatic hydroxyl groups excluding tert-OH is 1. The number of carbonyl (C=O) groups excluding carboxylic acids is 1. The number of carbonyl (C=O) groups is 1. The van der Waals surface area contributed by atoms with E-state index < -0.39 is 12.0 Å². The van der Waals surface area contributed by atoms with Crippen molar-refractivity contribution in [2.45, 2.75) is 19.6 Å². The number of nitrogens with one attached hydrogen (secondary N) is 1. The van der Waals surface area contributed by atoms with Crippen LogP contribution in [0.1, 0.15) is 12.5 Å². The van der Waals surface area contributed by atoms with Gasteiger partial charge in [-0.15, -0.1) is 0 Å². The minimum Gasteiger partial charge on any atom is -0.483 e. The Bertz CT molecular complexity index is 410. The number of aliphatic hydroxyl groups is 1. The lowest BCUT2D eigenvalue weighted by Crippen LogP contribution is -2.25. The number of rotatable bonds is 7. The SMILES string of the molecule is CC(O)CNCc1cc(Cl)ccc1OCC(N)=O. The molecular formula is C12H17ClN2O3. The van der Waals surface area contributed by atoms with Gasteiger partial charge in [0.1, 0.15) is 5.75 Å². The standard InChI is InChI=1S/C12H17ClN2O3/c1-8(16)5-15-6-9-4-10(13)2-3-11(9)18-7-12(14)17/h2-4,8,15-16H,5-7H2,1H3,(H2,14,17). The molecule has 1 unspecified atom stereocenters. The molecule has 4 N–H and O–H groups in total. The van der Waals surface area contributed by atoms with Crippen LogP contribution in [0.25, 0.3) is 0 Å². The second-order valence-corrected chi connectivity index (χ2v) is 4.42. The van der Waals surface area contributed by atoms with E-state index in [0.29, 0.717) is 23.9 Å². The summed E-state index contributed by atoms with van der Waals surface area (Å²) in [5.41, 5.74) is 5.83. The molecule has 0 aliphatic heterocycles. The Kier molecular flexibility index (Phi) is 5.91. The first kappa shape index (κ1) is 14.8. The maximum Gasteiger partial charge on any atom is 0.255 e. The maximum absolute atomic E-state index is 10.7. The highest BCUT2D eigenvalue weighted by Crippen LogP contribution is 2.22. The molecular weight excluding hydrogens is 256 g/mol. The average molecular weight is 273 g/mol. The summed E-state index contributed by atoms with van der Waals surface area (Å²) in [6.07, 6.45) is -0.431. The van der Waals surface area contributed by atoms with Gasteiger partial charge in [-0.2, -0.15) is 0 Å². The lowest BCUT2D eigenvalue weighted by atomic mass is 10.2. The van der Waals surface area contributed by atoms with Crippen LogP contribution in [-0.4, -0.2) is 30.3 Å². The Labute approximate surface area is 111 Å². The van der Waals surface area contributed by atoms with E-state index in [9.17, 15) is 4.79 Å². The Morgan fingerprint density at radius 3 is 2.94 bits per heavy atom. The van der Waals surface area contributed by atoms with Crippen molar-refractivity contribution >= 4 is 17.5 Å². The van der Waals surface area contributed by atoms with Crippen molar-refractivity contribution in [3.05, 3.63) is 28.8 Å². The summed E-state index contributed by atoms with van der Waals surface area (Å²) in [7, 11) is 0. The highest BCUT2D eigenvalue weighted by molar-refractivity contribution is 6.30. The quantitative estimate of drug-likeness (QED) is 0.681. The third-order valence-electron chi connectivity index (χ3n) is 2.15. The fourth-order valence-electron chi connectivity index (χ4n) is 1.39. The molecule has 1 rings (SSSR count). The van der Waals surface area contributed by atoms with E-state index in [1.165, 1.54) is 0 Å². The summed E-state index contributed by atoms with van der Waals surface area (Å²) >= 11 is 5.90. The van der Waals surface area contributed by atoms with Crippen LogP contribution in [0.2, 0.25) is 5.02 Å². The van der Waals surface area contributed by atoms with Gasteiger partial charge in [0.25, 0.3) is 5.91 Å². The van der Waals surface area contributed by atoms with Crippen molar-refractivity contribution in [3.63, 3.8) is 0 Å². The number of primary amides is 1. The number of benzene rings is 1. The number of hydrogen-bond donors (Lipinski definition) is 3. The van der Waals surface area contributed by atoms with Crippen molar-refractivity contribution in [1.29, 1.82) is 0 Å². The van der Waals surface area contributed by atoms with Crippen LogP contribution in [0, 0.1) is 0 Å². The van der Waals surface area contributed by atoms with E-state index >= 15 is 0 Å². The van der Waals surface area contributed by atoms with Gasteiger partial charge in [0.2, 0.25) is 0 Å². The molecule has 1 aromatic rings. The molecule has 0 radical (unpaired) electrons. The first-order valence-corrected chi connectivity index (χ1v) is 5.95. The lowest BCUT2D eigenvalue weighted by Gasteiger charge is -2.12. The van der Waals surface area contributed by atoms with Gasteiger partial charge in [-0.05, 0) is 25.1 Å². The van der Waals surface area contributed by atoms with Crippen LogP contribution in [0.5, 0.6) is 5.75 Å². The zero-order chi connectivity index (χ0) is 13.5. The number of nitrogens with two attached hydrogens (primary N) is 1. The zero-order valence-electron chi connectivity index (χ0n) is 10.1. The third-order valence-corrected chi connectivity index (χ3v) is 2.38. The van der Waals surface area contributed by atoms with Gasteiger partial charge in [-0.1, -0.05) is 11.6 Å². The zero-order valence-corrected chi connectivity index (χ0v) is 10.9. The van der Waals surface area contributed by atoms with Gasteiger partial charge in [-0.25, -0.2) is 0 Å². The predicted octanol–water partition coefficient (Wildman–Crippen LogP) is 0.674. The van der Waals surface area contributed by atoms with E-state index in [1.807, 2.05) is 0 Å². The molecule has 0 bridgehead atoms. The summed E-state index contributed by atoms with van der Waals surface area (Å²) in [4.78, 5) is 10.7. The molecule has 0 fully saturated rings. The van der Waals surface area contributed by atoms with Crippen LogP contribution < -0.4 is 15.8 Å². The topological polar surface area (TPSA) is 84.6 Å². The molecule has 1 atom stereocenters. The molecule has 0 heterocycles. The summed E-state index contributed by atoms with van der Waals surface area (Å²) < 4.78 is 5.28. The van der Waals surface area contributed by atoms with E-state index in [-0.39, 0.29) is 6.61 Å². The fourth-order valence-corrected chi connectivity index (χ4v) is 1.59. The molecule has 5 nitrogen and oxygen atoms in total. The van der Waals surface area contributed by atoms with Crippen LogP contribution in [-0.2, 0) is 11.3 Å². The highest BCUT2D eigenvalue weighted by atomic mass is 35.5. The Balaban J connectivity index is 2.67. The minimum atomic E-state index is -0.534. The van der Waals surface area contributed by atoms with Gasteiger partial charge in [-0.3, -0.25) is 4.79 Å². The van der Waals surface area contributed by atoms with Gasteiger partial charge in [0.15, 0.2) is 6.61 Å². The van der Waals surface area contributed by atoms with Crippen molar-refractivity contribution in [3.8, 4) is 5.75 Å². The van der Waals surface area contributed by atoms with Crippen LogP contribution in [0.4, 0.5) is 0 Å². The monoisotopic (exact) mass is 272 g/mol. The van der Waals surface area contributed by atoms with Crippen LogP contribution >= 0.6 is 11.6 Å². The Hall–Kier alpha value is -1.30. The summed E-state index contributed by atoms with van der Waals surface area (Å²) in [5.74, 6) is 0.0177. The molecule has 18 heavy (non-hydrogen) atoms. The van der Waals surface area contributed by atoms with Gasteiger partial charge in [0, 0.05) is 23.7 Å². The molecule has 100 valence electrons. The van der Waals surface area contributed by atoms with Crippen LogP contribution in [0.3, 0.4) is 0 Å². The van der Waals surface area contributed by atoms with Gasteiger partial charge < -0.3 is 20.9 Å². The maximum atomic E-state index is 10.7. The summed E-state index contributed by atoms with van der Waals surface area (Å²) in [5, 5.41) is 12.8. The van der Waals surface area contributed by atoms with Crippen molar-refractivity contribution in [2.24, 2.45) is 5.73 Å². The predicted molar refractivity (Wildman–Crippen MR) is 69.5 cm³/mol. The third kappa shape index (κ3) is 5.35. The molecule has 0 aliphatic rings. The molecule has 1 amide bonds. The molecule has 0 saturated heterocycles. The lowest BCUT2D eigenvalue weighted by molar-refractivity contribution is -0.119. The van der Waals surface area contributed by atoms with Crippen LogP contribution in [0.15, 0.2) is 18.2 Å². The molecule has 0 aromatic heterocycles. The van der Waals surface area contributed by atoms with Crippen molar-refractivity contribution in [1.82, 2.24) is 5.32 Å². The largest absolute Gasteiger partial charge is 0.483 e. The second kappa shape index (κ2) is 7.20. The summed E-state index contributed by atoms with van der Waals surface area (Å²) in [6.45, 7) is 2.46. The van der Waals surface area contributed by atoms with Gasteiger partial charge >= 0.3 is 0 Å². The molecule has 1 aromatic carbocycles. The molecule has 6 heteroatoms.